The lowest BCUT2D eigenvalue weighted by Crippen LogP contribution is -2.28. The van der Waals surface area contributed by atoms with Gasteiger partial charge in [0, 0.05) is 0 Å². The first-order chi connectivity index (χ1) is 8.69. The molecule has 0 aliphatic heterocycles. The molecule has 1 aliphatic carbocycles. The van der Waals surface area contributed by atoms with Crippen LogP contribution in [0.2, 0.25) is 0 Å². The number of hydrogen-bond donors (Lipinski definition) is 0. The van der Waals surface area contributed by atoms with Crippen LogP contribution in [-0.4, -0.2) is 6.10 Å². The van der Waals surface area contributed by atoms with Crippen molar-refractivity contribution in [2.75, 3.05) is 0 Å². The lowest BCUT2D eigenvalue weighted by atomic mass is 9.80. The van der Waals surface area contributed by atoms with E-state index in [4.69, 9.17) is 10.00 Å². The first kappa shape index (κ1) is 13.0. The molecular weight excluding hydrogens is 222 g/mol. The Hall–Kier alpha value is -1.49. The maximum atomic E-state index is 8.62. The Kier molecular flexibility index (Phi) is 4.25. The molecule has 96 valence electrons. The van der Waals surface area contributed by atoms with Gasteiger partial charge in [-0.05, 0) is 48.8 Å². The minimum absolute atomic E-state index is 0.359. The van der Waals surface area contributed by atoms with Crippen molar-refractivity contribution in [3.63, 3.8) is 0 Å². The van der Waals surface area contributed by atoms with Gasteiger partial charge in [0.15, 0.2) is 0 Å². The van der Waals surface area contributed by atoms with Crippen LogP contribution in [-0.2, 0) is 6.42 Å². The van der Waals surface area contributed by atoms with Crippen LogP contribution in [0.4, 0.5) is 0 Å². The van der Waals surface area contributed by atoms with Crippen molar-refractivity contribution in [2.45, 2.75) is 45.6 Å². The molecule has 1 aromatic carbocycles. The van der Waals surface area contributed by atoms with E-state index >= 15 is 0 Å². The maximum Gasteiger partial charge on any atom is 0.119 e. The summed E-state index contributed by atoms with van der Waals surface area (Å²) in [5.41, 5.74) is 1.05. The van der Waals surface area contributed by atoms with Crippen molar-refractivity contribution >= 4 is 0 Å². The summed E-state index contributed by atoms with van der Waals surface area (Å²) in [5.74, 6) is 2.51. The zero-order chi connectivity index (χ0) is 13.0. The maximum absolute atomic E-state index is 8.62. The van der Waals surface area contributed by atoms with E-state index in [2.05, 4.69) is 19.9 Å². The largest absolute Gasteiger partial charge is 0.490 e. The molecule has 18 heavy (non-hydrogen) atoms. The highest BCUT2D eigenvalue weighted by atomic mass is 16.5. The predicted octanol–water partition coefficient (Wildman–Crippen LogP) is 3.96. The Morgan fingerprint density at radius 2 is 1.89 bits per heavy atom. The van der Waals surface area contributed by atoms with E-state index in [-0.39, 0.29) is 0 Å². The number of rotatable bonds is 3. The Morgan fingerprint density at radius 3 is 2.50 bits per heavy atom. The SMILES string of the molecule is CC1CCC(Oc2ccc(CC#N)cc2)CC1C. The van der Waals surface area contributed by atoms with Gasteiger partial charge < -0.3 is 4.74 Å². The molecule has 1 saturated carbocycles. The second-order valence-corrected chi connectivity index (χ2v) is 5.49. The summed E-state index contributed by atoms with van der Waals surface area (Å²) >= 11 is 0. The molecule has 2 rings (SSSR count). The second-order valence-electron chi connectivity index (χ2n) is 5.49. The van der Waals surface area contributed by atoms with Gasteiger partial charge in [0.2, 0.25) is 0 Å². The van der Waals surface area contributed by atoms with Gasteiger partial charge in [0.1, 0.15) is 5.75 Å². The van der Waals surface area contributed by atoms with Crippen LogP contribution < -0.4 is 4.74 Å². The molecule has 2 heteroatoms. The summed E-state index contributed by atoms with van der Waals surface area (Å²) < 4.78 is 6.02. The Labute approximate surface area is 110 Å². The quantitative estimate of drug-likeness (QED) is 0.805. The molecule has 1 aromatic rings. The molecule has 0 saturated heterocycles. The molecule has 0 bridgehead atoms. The molecule has 0 N–H and O–H groups in total. The predicted molar refractivity (Wildman–Crippen MR) is 72.4 cm³/mol. The topological polar surface area (TPSA) is 33.0 Å². The zero-order valence-corrected chi connectivity index (χ0v) is 11.2. The average Bonchev–Trinajstić information content (AvgIpc) is 2.37. The minimum atomic E-state index is 0.359. The Morgan fingerprint density at radius 1 is 1.17 bits per heavy atom. The summed E-state index contributed by atoms with van der Waals surface area (Å²) in [5, 5.41) is 8.62. The lowest BCUT2D eigenvalue weighted by Gasteiger charge is -2.32. The van der Waals surface area contributed by atoms with Gasteiger partial charge >= 0.3 is 0 Å². The number of ether oxygens (including phenoxy) is 1. The van der Waals surface area contributed by atoms with Crippen molar-refractivity contribution in [3.8, 4) is 11.8 Å². The molecule has 0 heterocycles. The Bertz CT molecular complexity index is 418. The van der Waals surface area contributed by atoms with Crippen molar-refractivity contribution in [1.29, 1.82) is 5.26 Å². The minimum Gasteiger partial charge on any atom is -0.490 e. The molecular formula is C16H21NO. The standard InChI is InChI=1S/C16H21NO/c1-12-3-6-16(11-13(12)2)18-15-7-4-14(5-8-15)9-10-17/h4-5,7-8,12-13,16H,3,6,9,11H2,1-2H3. The molecule has 0 aromatic heterocycles. The van der Waals surface area contributed by atoms with Gasteiger partial charge in [0.05, 0.1) is 18.6 Å². The van der Waals surface area contributed by atoms with E-state index in [1.165, 1.54) is 6.42 Å². The number of hydrogen-bond acceptors (Lipinski definition) is 2. The van der Waals surface area contributed by atoms with Crippen LogP contribution in [0.3, 0.4) is 0 Å². The highest BCUT2D eigenvalue weighted by Crippen LogP contribution is 2.31. The van der Waals surface area contributed by atoms with Crippen molar-refractivity contribution in [3.05, 3.63) is 29.8 Å². The van der Waals surface area contributed by atoms with E-state index in [9.17, 15) is 0 Å². The normalized spacial score (nSPS) is 27.5. The van der Waals surface area contributed by atoms with Crippen LogP contribution in [0.5, 0.6) is 5.75 Å². The van der Waals surface area contributed by atoms with Gasteiger partial charge in [-0.15, -0.1) is 0 Å². The molecule has 1 fully saturated rings. The zero-order valence-electron chi connectivity index (χ0n) is 11.2. The fourth-order valence-electron chi connectivity index (χ4n) is 2.57. The van der Waals surface area contributed by atoms with Gasteiger partial charge in [-0.1, -0.05) is 26.0 Å². The van der Waals surface area contributed by atoms with Crippen LogP contribution in [0.1, 0.15) is 38.7 Å². The fraction of sp³-hybridized carbons (Fsp3) is 0.562. The number of nitriles is 1. The molecule has 1 aliphatic rings. The van der Waals surface area contributed by atoms with Crippen LogP contribution in [0.25, 0.3) is 0 Å². The van der Waals surface area contributed by atoms with Crippen LogP contribution in [0, 0.1) is 23.2 Å². The highest BCUT2D eigenvalue weighted by molar-refractivity contribution is 5.28. The van der Waals surface area contributed by atoms with E-state index in [0.717, 1.165) is 36.0 Å². The van der Waals surface area contributed by atoms with E-state index in [0.29, 0.717) is 12.5 Å². The smallest absolute Gasteiger partial charge is 0.119 e. The van der Waals surface area contributed by atoms with Crippen molar-refractivity contribution in [2.24, 2.45) is 11.8 Å². The molecule has 0 spiro atoms. The van der Waals surface area contributed by atoms with Gasteiger partial charge in [-0.2, -0.15) is 5.26 Å². The third-order valence-corrected chi connectivity index (χ3v) is 4.06. The fourth-order valence-corrected chi connectivity index (χ4v) is 2.57. The van der Waals surface area contributed by atoms with Crippen molar-refractivity contribution in [1.82, 2.24) is 0 Å². The summed E-state index contributed by atoms with van der Waals surface area (Å²) in [6.07, 6.45) is 4.40. The first-order valence-electron chi connectivity index (χ1n) is 6.81. The number of nitrogens with zero attached hydrogens (tertiary/aromatic N) is 1. The molecule has 3 unspecified atom stereocenters. The second kappa shape index (κ2) is 5.91. The third kappa shape index (κ3) is 3.26. The monoisotopic (exact) mass is 243 g/mol. The Balaban J connectivity index is 1.91. The van der Waals surface area contributed by atoms with Crippen LogP contribution in [0.15, 0.2) is 24.3 Å². The van der Waals surface area contributed by atoms with Gasteiger partial charge in [-0.3, -0.25) is 0 Å². The first-order valence-corrected chi connectivity index (χ1v) is 6.81. The summed E-state index contributed by atoms with van der Waals surface area (Å²) in [6, 6.07) is 10.1. The van der Waals surface area contributed by atoms with Gasteiger partial charge in [-0.25, -0.2) is 0 Å². The molecule has 2 nitrogen and oxygen atoms in total. The number of benzene rings is 1. The van der Waals surface area contributed by atoms with Crippen molar-refractivity contribution < 1.29 is 4.74 Å². The van der Waals surface area contributed by atoms with E-state index < -0.39 is 0 Å². The highest BCUT2D eigenvalue weighted by Gasteiger charge is 2.25. The summed E-state index contributed by atoms with van der Waals surface area (Å²) in [4.78, 5) is 0. The summed E-state index contributed by atoms with van der Waals surface area (Å²) in [6.45, 7) is 4.65. The third-order valence-electron chi connectivity index (χ3n) is 4.06. The molecule has 0 radical (unpaired) electrons. The van der Waals surface area contributed by atoms with E-state index in [1.54, 1.807) is 0 Å². The summed E-state index contributed by atoms with van der Waals surface area (Å²) in [7, 11) is 0. The lowest BCUT2D eigenvalue weighted by molar-refractivity contribution is 0.101. The van der Waals surface area contributed by atoms with E-state index in [1.807, 2.05) is 24.3 Å². The molecule has 0 amide bonds. The van der Waals surface area contributed by atoms with Gasteiger partial charge in [0.25, 0.3) is 0 Å². The molecule has 3 atom stereocenters. The van der Waals surface area contributed by atoms with Crippen LogP contribution >= 0.6 is 0 Å². The average molecular weight is 243 g/mol.